The number of urea groups is 1. The first-order valence-electron chi connectivity index (χ1n) is 5.55. The van der Waals surface area contributed by atoms with E-state index in [-0.39, 0.29) is 19.5 Å². The molecule has 0 spiro atoms. The van der Waals surface area contributed by atoms with E-state index in [0.717, 1.165) is 4.90 Å². The van der Waals surface area contributed by atoms with Gasteiger partial charge in [0.1, 0.15) is 11.8 Å². The predicted molar refractivity (Wildman–Crippen MR) is 59.7 cm³/mol. The molecule has 98 valence electrons. The highest BCUT2D eigenvalue weighted by atomic mass is 16.4. The number of hydrogen-bond acceptors (Lipinski definition) is 4. The van der Waals surface area contributed by atoms with Crippen LogP contribution in [0.5, 0.6) is 0 Å². The minimum atomic E-state index is -1.11. The summed E-state index contributed by atoms with van der Waals surface area (Å²) >= 11 is 0. The second-order valence-electron chi connectivity index (χ2n) is 4.13. The molecule has 0 aliphatic carbocycles. The molecule has 0 aromatic carbocycles. The van der Waals surface area contributed by atoms with Crippen LogP contribution < -0.4 is 5.32 Å². The van der Waals surface area contributed by atoms with Crippen LogP contribution in [0.1, 0.15) is 12.2 Å². The Morgan fingerprint density at radius 1 is 1.56 bits per heavy atom. The molecule has 18 heavy (non-hydrogen) atoms. The van der Waals surface area contributed by atoms with Gasteiger partial charge in [0.25, 0.3) is 0 Å². The van der Waals surface area contributed by atoms with Crippen molar-refractivity contribution < 1.29 is 24.2 Å². The van der Waals surface area contributed by atoms with E-state index in [1.807, 2.05) is 0 Å². The zero-order chi connectivity index (χ0) is 13.1. The lowest BCUT2D eigenvalue weighted by molar-refractivity contribution is -0.141. The van der Waals surface area contributed by atoms with E-state index >= 15 is 0 Å². The summed E-state index contributed by atoms with van der Waals surface area (Å²) < 4.78 is 5.04. The van der Waals surface area contributed by atoms with E-state index < -0.39 is 24.1 Å². The molecular formula is C11H14N2O5. The Balaban J connectivity index is 1.93. The zero-order valence-corrected chi connectivity index (χ0v) is 9.57. The molecule has 1 aromatic heterocycles. The van der Waals surface area contributed by atoms with Crippen molar-refractivity contribution in [1.29, 1.82) is 0 Å². The van der Waals surface area contributed by atoms with Crippen molar-refractivity contribution in [2.45, 2.75) is 25.1 Å². The number of amides is 2. The fourth-order valence-corrected chi connectivity index (χ4v) is 1.95. The number of carbonyl (C=O) groups excluding carboxylic acids is 1. The number of aliphatic hydroxyl groups is 1. The Labute approximate surface area is 103 Å². The Kier molecular flexibility index (Phi) is 3.52. The van der Waals surface area contributed by atoms with Gasteiger partial charge in [-0.25, -0.2) is 9.59 Å². The van der Waals surface area contributed by atoms with Crippen LogP contribution in [-0.2, 0) is 11.3 Å². The molecule has 2 atom stereocenters. The van der Waals surface area contributed by atoms with E-state index in [9.17, 15) is 14.7 Å². The molecule has 0 unspecified atom stereocenters. The summed E-state index contributed by atoms with van der Waals surface area (Å²) in [6, 6.07) is 1.90. The van der Waals surface area contributed by atoms with Gasteiger partial charge in [-0.2, -0.15) is 0 Å². The second kappa shape index (κ2) is 5.09. The normalized spacial score (nSPS) is 23.1. The molecule has 1 aliphatic heterocycles. The number of aliphatic hydroxyl groups excluding tert-OH is 1. The first-order valence-corrected chi connectivity index (χ1v) is 5.55. The molecule has 2 heterocycles. The Bertz CT molecular complexity index is 431. The summed E-state index contributed by atoms with van der Waals surface area (Å²) in [5, 5.41) is 20.9. The van der Waals surface area contributed by atoms with Crippen molar-refractivity contribution in [1.82, 2.24) is 10.2 Å². The quantitative estimate of drug-likeness (QED) is 0.705. The van der Waals surface area contributed by atoms with E-state index in [2.05, 4.69) is 5.32 Å². The number of aliphatic carboxylic acids is 1. The molecule has 0 radical (unpaired) electrons. The van der Waals surface area contributed by atoms with Crippen LogP contribution in [0.25, 0.3) is 0 Å². The van der Waals surface area contributed by atoms with Gasteiger partial charge in [-0.3, -0.25) is 0 Å². The molecule has 0 bridgehead atoms. The third-order valence-electron chi connectivity index (χ3n) is 2.82. The largest absolute Gasteiger partial charge is 0.480 e. The molecule has 1 aromatic rings. The number of carbonyl (C=O) groups is 2. The average Bonchev–Trinajstić information content (AvgIpc) is 2.94. The topological polar surface area (TPSA) is 103 Å². The van der Waals surface area contributed by atoms with Gasteiger partial charge >= 0.3 is 12.0 Å². The summed E-state index contributed by atoms with van der Waals surface area (Å²) in [5.41, 5.74) is 0. The van der Waals surface area contributed by atoms with Crippen LogP contribution >= 0.6 is 0 Å². The molecular weight excluding hydrogens is 240 g/mol. The maximum Gasteiger partial charge on any atom is 0.326 e. The first kappa shape index (κ1) is 12.4. The van der Waals surface area contributed by atoms with Crippen LogP contribution in [0, 0.1) is 0 Å². The average molecular weight is 254 g/mol. The molecule has 7 heteroatoms. The summed E-state index contributed by atoms with van der Waals surface area (Å²) in [7, 11) is 0. The van der Waals surface area contributed by atoms with Crippen molar-refractivity contribution in [2.75, 3.05) is 6.54 Å². The SMILES string of the molecule is O=C(O)[C@H]1C[C@@H](O)CN1C(=O)NCc1ccco1. The summed E-state index contributed by atoms with van der Waals surface area (Å²) in [6.45, 7) is 0.214. The standard InChI is InChI=1S/C11H14N2O5/c14-7-4-9(10(15)16)13(6-7)11(17)12-5-8-2-1-3-18-8/h1-3,7,9,14H,4-6H2,(H,12,17)(H,15,16)/t7-,9-/m1/s1. The first-order chi connectivity index (χ1) is 8.58. The predicted octanol–water partition coefficient (Wildman–Crippen LogP) is 0.00900. The molecule has 2 rings (SSSR count). The number of β-amino-alcohol motifs (C(OH)–C–C–N with tert-alkyl or cyclic N) is 1. The minimum Gasteiger partial charge on any atom is -0.480 e. The maximum atomic E-state index is 11.8. The van der Waals surface area contributed by atoms with E-state index in [4.69, 9.17) is 9.52 Å². The van der Waals surface area contributed by atoms with Gasteiger partial charge in [0, 0.05) is 13.0 Å². The van der Waals surface area contributed by atoms with Gasteiger partial charge in [-0.05, 0) is 12.1 Å². The molecule has 0 saturated carbocycles. The Hall–Kier alpha value is -2.02. The number of nitrogens with zero attached hydrogens (tertiary/aromatic N) is 1. The lowest BCUT2D eigenvalue weighted by Crippen LogP contribution is -2.45. The molecule has 1 aliphatic rings. The third kappa shape index (κ3) is 2.62. The maximum absolute atomic E-state index is 11.8. The zero-order valence-electron chi connectivity index (χ0n) is 9.57. The molecule has 1 fully saturated rings. The number of furan rings is 1. The second-order valence-corrected chi connectivity index (χ2v) is 4.13. The molecule has 7 nitrogen and oxygen atoms in total. The van der Waals surface area contributed by atoms with Crippen LogP contribution in [-0.4, -0.2) is 45.8 Å². The van der Waals surface area contributed by atoms with E-state index in [1.54, 1.807) is 12.1 Å². The number of nitrogens with one attached hydrogen (secondary N) is 1. The monoisotopic (exact) mass is 254 g/mol. The van der Waals surface area contributed by atoms with E-state index in [1.165, 1.54) is 6.26 Å². The molecule has 3 N–H and O–H groups in total. The number of likely N-dealkylation sites (tertiary alicyclic amines) is 1. The Morgan fingerprint density at radius 3 is 2.94 bits per heavy atom. The van der Waals surface area contributed by atoms with Crippen LogP contribution in [0.15, 0.2) is 22.8 Å². The number of carboxylic acids is 1. The molecule has 2 amide bonds. The van der Waals surface area contributed by atoms with Crippen LogP contribution in [0.2, 0.25) is 0 Å². The third-order valence-corrected chi connectivity index (χ3v) is 2.82. The van der Waals surface area contributed by atoms with Crippen molar-refractivity contribution in [2.24, 2.45) is 0 Å². The highest BCUT2D eigenvalue weighted by molar-refractivity contribution is 5.83. The van der Waals surface area contributed by atoms with Gasteiger partial charge in [0.15, 0.2) is 0 Å². The highest BCUT2D eigenvalue weighted by Gasteiger charge is 2.38. The lowest BCUT2D eigenvalue weighted by Gasteiger charge is -2.21. The van der Waals surface area contributed by atoms with Gasteiger partial charge < -0.3 is 24.8 Å². The van der Waals surface area contributed by atoms with Crippen LogP contribution in [0.4, 0.5) is 4.79 Å². The van der Waals surface area contributed by atoms with Gasteiger partial charge in [-0.1, -0.05) is 0 Å². The summed E-state index contributed by atoms with van der Waals surface area (Å²) in [4.78, 5) is 23.9. The minimum absolute atomic E-state index is 0.0287. The van der Waals surface area contributed by atoms with Crippen molar-refractivity contribution in [3.8, 4) is 0 Å². The van der Waals surface area contributed by atoms with Gasteiger partial charge in [0.05, 0.1) is 18.9 Å². The number of rotatable bonds is 3. The van der Waals surface area contributed by atoms with Crippen molar-refractivity contribution in [3.63, 3.8) is 0 Å². The fraction of sp³-hybridized carbons (Fsp3) is 0.455. The summed E-state index contributed by atoms with van der Waals surface area (Å²) in [6.07, 6.45) is 0.755. The molecule has 1 saturated heterocycles. The Morgan fingerprint density at radius 2 is 2.33 bits per heavy atom. The number of hydrogen-bond donors (Lipinski definition) is 3. The van der Waals surface area contributed by atoms with E-state index in [0.29, 0.717) is 5.76 Å². The summed E-state index contributed by atoms with van der Waals surface area (Å²) in [5.74, 6) is -0.533. The smallest absolute Gasteiger partial charge is 0.326 e. The lowest BCUT2D eigenvalue weighted by atomic mass is 10.2. The fourth-order valence-electron chi connectivity index (χ4n) is 1.95. The highest BCUT2D eigenvalue weighted by Crippen LogP contribution is 2.18. The van der Waals surface area contributed by atoms with Gasteiger partial charge in [0.2, 0.25) is 0 Å². The van der Waals surface area contributed by atoms with Crippen molar-refractivity contribution >= 4 is 12.0 Å². The van der Waals surface area contributed by atoms with Gasteiger partial charge in [-0.15, -0.1) is 0 Å². The van der Waals surface area contributed by atoms with Crippen LogP contribution in [0.3, 0.4) is 0 Å². The number of carboxylic acid groups (broad SMARTS) is 1. The van der Waals surface area contributed by atoms with Crippen molar-refractivity contribution in [3.05, 3.63) is 24.2 Å².